The molecule has 0 aliphatic heterocycles. The van der Waals surface area contributed by atoms with Gasteiger partial charge in [-0.1, -0.05) is 164 Å². The SMILES string of the molecule is c1ccc(-c2cc(-c3ccccc3)c3sc4c(N(c5ccc(-c6ccc7ccccc7c6)cc5)c5cccc6c5oc5c7ccccc7ccc65)cccc4c3c2)cc1. The highest BCUT2D eigenvalue weighted by molar-refractivity contribution is 7.27. The molecule has 0 aliphatic carbocycles. The van der Waals surface area contributed by atoms with Crippen molar-refractivity contribution >= 4 is 92.1 Å². The normalized spacial score (nSPS) is 11.7. The van der Waals surface area contributed by atoms with Gasteiger partial charge < -0.3 is 9.32 Å². The molecule has 2 heterocycles. The molecule has 0 bridgehead atoms. The van der Waals surface area contributed by atoms with Crippen LogP contribution in [0.5, 0.6) is 0 Å². The Labute approximate surface area is 345 Å². The summed E-state index contributed by atoms with van der Waals surface area (Å²) in [6.07, 6.45) is 0. The third-order valence-electron chi connectivity index (χ3n) is 11.8. The number of thiophene rings is 1. The van der Waals surface area contributed by atoms with E-state index < -0.39 is 0 Å². The maximum Gasteiger partial charge on any atom is 0.159 e. The zero-order valence-electron chi connectivity index (χ0n) is 32.0. The lowest BCUT2D eigenvalue weighted by Gasteiger charge is -2.26. The van der Waals surface area contributed by atoms with E-state index in [9.17, 15) is 0 Å². The first kappa shape index (κ1) is 33.7. The summed E-state index contributed by atoms with van der Waals surface area (Å²) >= 11 is 1.87. The molecule has 0 radical (unpaired) electrons. The van der Waals surface area contributed by atoms with E-state index >= 15 is 0 Å². The van der Waals surface area contributed by atoms with Crippen LogP contribution in [0, 0.1) is 0 Å². The van der Waals surface area contributed by atoms with Crippen molar-refractivity contribution in [2.45, 2.75) is 0 Å². The first-order valence-electron chi connectivity index (χ1n) is 20.1. The van der Waals surface area contributed by atoms with Gasteiger partial charge in [-0.2, -0.15) is 0 Å². The summed E-state index contributed by atoms with van der Waals surface area (Å²) in [4.78, 5) is 2.41. The Morgan fingerprint density at radius 3 is 1.75 bits per heavy atom. The molecule has 276 valence electrons. The number of fused-ring (bicyclic) bond motifs is 9. The summed E-state index contributed by atoms with van der Waals surface area (Å²) in [6.45, 7) is 0. The highest BCUT2D eigenvalue weighted by atomic mass is 32.1. The number of benzene rings is 10. The van der Waals surface area contributed by atoms with E-state index in [-0.39, 0.29) is 0 Å². The van der Waals surface area contributed by atoms with E-state index in [1.54, 1.807) is 0 Å². The standard InChI is InChI=1S/C56H35NOS/c1-3-13-36(14-4-1)43-34-49(39-16-5-2-6-17-39)55-50(35-43)48-22-12-24-52(56(48)59-55)57(44-30-27-38(28-31-44)42-26-25-37-15-7-8-19-41(37)33-42)51-23-11-21-46-47-32-29-40-18-9-10-20-45(40)53(47)58-54(46)51/h1-35H. The van der Waals surface area contributed by atoms with E-state index in [1.807, 2.05) is 11.3 Å². The molecule has 0 saturated heterocycles. The fourth-order valence-electron chi connectivity index (χ4n) is 8.96. The molecule has 0 aliphatic rings. The van der Waals surface area contributed by atoms with Gasteiger partial charge in [-0.25, -0.2) is 0 Å². The number of nitrogens with zero attached hydrogens (tertiary/aromatic N) is 1. The average molecular weight is 770 g/mol. The summed E-state index contributed by atoms with van der Waals surface area (Å²) in [6, 6.07) is 76.8. The molecule has 3 heteroatoms. The summed E-state index contributed by atoms with van der Waals surface area (Å²) in [5.74, 6) is 0. The quantitative estimate of drug-likeness (QED) is 0.167. The predicted molar refractivity (Wildman–Crippen MR) is 253 cm³/mol. The minimum Gasteiger partial charge on any atom is -0.453 e. The lowest BCUT2D eigenvalue weighted by Crippen LogP contribution is -2.10. The molecule has 12 rings (SSSR count). The molecule has 0 saturated carbocycles. The molecule has 0 N–H and O–H groups in total. The number of anilines is 3. The molecule has 10 aromatic carbocycles. The molecule has 0 amide bonds. The van der Waals surface area contributed by atoms with Crippen molar-refractivity contribution in [1.29, 1.82) is 0 Å². The maximum atomic E-state index is 7.03. The van der Waals surface area contributed by atoms with Gasteiger partial charge >= 0.3 is 0 Å². The van der Waals surface area contributed by atoms with Crippen molar-refractivity contribution < 1.29 is 4.42 Å². The Bertz CT molecular complexity index is 3550. The molecular formula is C56H35NOS. The zero-order valence-corrected chi connectivity index (χ0v) is 32.8. The second-order valence-electron chi connectivity index (χ2n) is 15.3. The van der Waals surface area contributed by atoms with Gasteiger partial charge in [0, 0.05) is 42.9 Å². The van der Waals surface area contributed by atoms with Crippen LogP contribution in [-0.2, 0) is 0 Å². The van der Waals surface area contributed by atoms with Crippen LogP contribution in [0.1, 0.15) is 0 Å². The van der Waals surface area contributed by atoms with Crippen LogP contribution in [0.2, 0.25) is 0 Å². The Morgan fingerprint density at radius 2 is 0.932 bits per heavy atom. The number of hydrogen-bond donors (Lipinski definition) is 0. The van der Waals surface area contributed by atoms with Crippen LogP contribution in [0.3, 0.4) is 0 Å². The van der Waals surface area contributed by atoms with Crippen LogP contribution in [0.25, 0.3) is 97.0 Å². The second kappa shape index (κ2) is 13.6. The Kier molecular flexibility index (Phi) is 7.75. The second-order valence-corrected chi connectivity index (χ2v) is 16.3. The molecule has 0 spiro atoms. The van der Waals surface area contributed by atoms with E-state index in [4.69, 9.17) is 4.42 Å². The minimum absolute atomic E-state index is 0.868. The molecule has 2 nitrogen and oxygen atoms in total. The van der Waals surface area contributed by atoms with Gasteiger partial charge in [-0.05, 0) is 92.5 Å². The molecule has 12 aromatic rings. The Morgan fingerprint density at radius 1 is 0.322 bits per heavy atom. The van der Waals surface area contributed by atoms with Crippen LogP contribution in [0.15, 0.2) is 217 Å². The summed E-state index contributed by atoms with van der Waals surface area (Å²) in [7, 11) is 0. The lowest BCUT2D eigenvalue weighted by molar-refractivity contribution is 0.673. The van der Waals surface area contributed by atoms with Crippen molar-refractivity contribution in [3.05, 3.63) is 212 Å². The minimum atomic E-state index is 0.868. The number of hydrogen-bond acceptors (Lipinski definition) is 3. The highest BCUT2D eigenvalue weighted by Gasteiger charge is 2.24. The van der Waals surface area contributed by atoms with Gasteiger partial charge in [0.15, 0.2) is 5.58 Å². The van der Waals surface area contributed by atoms with Crippen LogP contribution >= 0.6 is 11.3 Å². The molecule has 0 unspecified atom stereocenters. The number of rotatable bonds is 6. The molecule has 0 fully saturated rings. The summed E-state index contributed by atoms with van der Waals surface area (Å²) in [5, 5.41) is 9.48. The topological polar surface area (TPSA) is 16.4 Å². The van der Waals surface area contributed by atoms with Crippen LogP contribution in [-0.4, -0.2) is 0 Å². The van der Waals surface area contributed by atoms with Gasteiger partial charge in [0.1, 0.15) is 5.58 Å². The Hall–Kier alpha value is -7.46. The van der Waals surface area contributed by atoms with E-state index in [0.29, 0.717) is 0 Å². The van der Waals surface area contributed by atoms with E-state index in [1.165, 1.54) is 69.7 Å². The predicted octanol–water partition coefficient (Wildman–Crippen LogP) is 16.7. The highest BCUT2D eigenvalue weighted by Crippen LogP contribution is 2.50. The number of furan rings is 1. The van der Waals surface area contributed by atoms with Crippen molar-refractivity contribution in [3.63, 3.8) is 0 Å². The molecule has 2 aromatic heterocycles. The van der Waals surface area contributed by atoms with Gasteiger partial charge in [0.05, 0.1) is 16.1 Å². The van der Waals surface area contributed by atoms with Crippen molar-refractivity contribution in [1.82, 2.24) is 0 Å². The van der Waals surface area contributed by atoms with Crippen molar-refractivity contribution in [3.8, 4) is 33.4 Å². The monoisotopic (exact) mass is 769 g/mol. The first-order chi connectivity index (χ1) is 29.2. The zero-order chi connectivity index (χ0) is 38.9. The molecule has 0 atom stereocenters. The summed E-state index contributed by atoms with van der Waals surface area (Å²) in [5.41, 5.74) is 12.2. The van der Waals surface area contributed by atoms with Crippen LogP contribution in [0.4, 0.5) is 17.1 Å². The maximum absolute atomic E-state index is 7.03. The van der Waals surface area contributed by atoms with Crippen molar-refractivity contribution in [2.75, 3.05) is 4.90 Å². The van der Waals surface area contributed by atoms with Crippen LogP contribution < -0.4 is 4.90 Å². The van der Waals surface area contributed by atoms with Gasteiger partial charge in [0.2, 0.25) is 0 Å². The van der Waals surface area contributed by atoms with Gasteiger partial charge in [-0.15, -0.1) is 11.3 Å². The fraction of sp³-hybridized carbons (Fsp3) is 0. The fourth-order valence-corrected chi connectivity index (χ4v) is 10.3. The van der Waals surface area contributed by atoms with Gasteiger partial charge in [0.25, 0.3) is 0 Å². The van der Waals surface area contributed by atoms with E-state index in [0.717, 1.165) is 44.4 Å². The smallest absolute Gasteiger partial charge is 0.159 e. The lowest BCUT2D eigenvalue weighted by atomic mass is 9.96. The van der Waals surface area contributed by atoms with Crippen molar-refractivity contribution in [2.24, 2.45) is 0 Å². The first-order valence-corrected chi connectivity index (χ1v) is 20.9. The Balaban J connectivity index is 1.11. The average Bonchev–Trinajstić information content (AvgIpc) is 3.89. The largest absolute Gasteiger partial charge is 0.453 e. The summed E-state index contributed by atoms with van der Waals surface area (Å²) < 4.78 is 9.53. The molecule has 59 heavy (non-hydrogen) atoms. The molecular weight excluding hydrogens is 735 g/mol. The third kappa shape index (κ3) is 5.55. The number of para-hydroxylation sites is 1. The van der Waals surface area contributed by atoms with E-state index in [2.05, 4.69) is 217 Å². The van der Waals surface area contributed by atoms with Gasteiger partial charge in [-0.3, -0.25) is 0 Å². The third-order valence-corrected chi connectivity index (χ3v) is 13.1.